The highest BCUT2D eigenvalue weighted by atomic mass is 19.1. The number of benzene rings is 2. The van der Waals surface area contributed by atoms with Crippen molar-refractivity contribution in [2.45, 2.75) is 6.54 Å². The second kappa shape index (κ2) is 5.61. The number of nitrogens with one attached hydrogen (secondary N) is 1. The lowest BCUT2D eigenvalue weighted by Crippen LogP contribution is -1.97. The molecule has 3 rings (SSSR count). The molecule has 1 N–H and O–H groups in total. The van der Waals surface area contributed by atoms with E-state index in [9.17, 15) is 4.39 Å². The molecule has 0 saturated carbocycles. The normalized spacial score (nSPS) is 10.4. The maximum absolute atomic E-state index is 12.9. The Kier molecular flexibility index (Phi) is 3.50. The second-order valence-corrected chi connectivity index (χ2v) is 4.49. The van der Waals surface area contributed by atoms with E-state index in [4.69, 9.17) is 4.42 Å². The zero-order valence-electron chi connectivity index (χ0n) is 10.8. The number of para-hydroxylation sites is 1. The largest absolute Gasteiger partial charge is 0.459 e. The minimum Gasteiger partial charge on any atom is -0.459 e. The zero-order chi connectivity index (χ0) is 13.8. The summed E-state index contributed by atoms with van der Waals surface area (Å²) in [4.78, 5) is 0. The number of rotatable bonds is 4. The number of hydrogen-bond donors (Lipinski definition) is 1. The second-order valence-electron chi connectivity index (χ2n) is 4.49. The maximum atomic E-state index is 12.9. The fraction of sp³-hybridized carbons (Fsp3) is 0.0588. The Morgan fingerprint density at radius 1 is 0.850 bits per heavy atom. The Morgan fingerprint density at radius 3 is 2.35 bits per heavy atom. The van der Waals surface area contributed by atoms with Gasteiger partial charge in [0.1, 0.15) is 17.3 Å². The molecular formula is C17H14FNO. The summed E-state index contributed by atoms with van der Waals surface area (Å²) in [5, 5.41) is 3.28. The number of anilines is 1. The zero-order valence-corrected chi connectivity index (χ0v) is 10.8. The van der Waals surface area contributed by atoms with Crippen LogP contribution in [0.25, 0.3) is 11.3 Å². The molecule has 3 aromatic rings. The van der Waals surface area contributed by atoms with Crippen LogP contribution in [-0.2, 0) is 6.54 Å². The van der Waals surface area contributed by atoms with Gasteiger partial charge in [0.15, 0.2) is 0 Å². The van der Waals surface area contributed by atoms with Crippen LogP contribution < -0.4 is 5.32 Å². The van der Waals surface area contributed by atoms with E-state index in [2.05, 4.69) is 5.32 Å². The summed E-state index contributed by atoms with van der Waals surface area (Å²) >= 11 is 0. The first-order chi connectivity index (χ1) is 9.81. The van der Waals surface area contributed by atoms with Crippen molar-refractivity contribution in [3.05, 3.63) is 78.3 Å². The van der Waals surface area contributed by atoms with Crippen LogP contribution in [0.3, 0.4) is 0 Å². The van der Waals surface area contributed by atoms with Gasteiger partial charge in [-0.2, -0.15) is 0 Å². The van der Waals surface area contributed by atoms with Gasteiger partial charge < -0.3 is 9.73 Å². The van der Waals surface area contributed by atoms with Crippen molar-refractivity contribution >= 4 is 5.69 Å². The average molecular weight is 267 g/mol. The number of hydrogen-bond acceptors (Lipinski definition) is 2. The first-order valence-electron chi connectivity index (χ1n) is 6.45. The Morgan fingerprint density at radius 2 is 1.60 bits per heavy atom. The molecule has 0 spiro atoms. The lowest BCUT2D eigenvalue weighted by atomic mass is 10.2. The number of halogens is 1. The van der Waals surface area contributed by atoms with Crippen LogP contribution in [0, 0.1) is 5.82 Å². The van der Waals surface area contributed by atoms with Gasteiger partial charge in [-0.1, -0.05) is 18.2 Å². The first kappa shape index (κ1) is 12.5. The Bertz CT molecular complexity index is 674. The molecule has 3 heteroatoms. The monoisotopic (exact) mass is 267 g/mol. The molecule has 0 aliphatic rings. The molecule has 1 heterocycles. The van der Waals surface area contributed by atoms with Crippen molar-refractivity contribution in [1.82, 2.24) is 0 Å². The molecule has 0 bridgehead atoms. The molecule has 0 atom stereocenters. The summed E-state index contributed by atoms with van der Waals surface area (Å²) in [7, 11) is 0. The third-order valence-corrected chi connectivity index (χ3v) is 3.03. The van der Waals surface area contributed by atoms with Crippen molar-refractivity contribution in [2.75, 3.05) is 5.32 Å². The van der Waals surface area contributed by atoms with E-state index in [1.807, 2.05) is 42.5 Å². The summed E-state index contributed by atoms with van der Waals surface area (Å²) in [6.07, 6.45) is 0. The van der Waals surface area contributed by atoms with E-state index in [-0.39, 0.29) is 5.82 Å². The average Bonchev–Trinajstić information content (AvgIpc) is 2.96. The van der Waals surface area contributed by atoms with Gasteiger partial charge in [-0.15, -0.1) is 0 Å². The number of furan rings is 1. The van der Waals surface area contributed by atoms with Crippen LogP contribution in [0.15, 0.2) is 71.1 Å². The van der Waals surface area contributed by atoms with E-state index in [0.717, 1.165) is 22.8 Å². The van der Waals surface area contributed by atoms with Crippen LogP contribution >= 0.6 is 0 Å². The standard InChI is InChI=1S/C17H14FNO/c18-14-8-6-13(7-9-14)17-11-10-16(20-17)12-19-15-4-2-1-3-5-15/h1-11,19H,12H2. The maximum Gasteiger partial charge on any atom is 0.134 e. The molecule has 0 fully saturated rings. The molecule has 0 unspecified atom stereocenters. The van der Waals surface area contributed by atoms with Gasteiger partial charge in [0.2, 0.25) is 0 Å². The predicted molar refractivity (Wildman–Crippen MR) is 77.9 cm³/mol. The third kappa shape index (κ3) is 2.88. The summed E-state index contributed by atoms with van der Waals surface area (Å²) in [5.74, 6) is 1.34. The van der Waals surface area contributed by atoms with Crippen LogP contribution in [0.5, 0.6) is 0 Å². The third-order valence-electron chi connectivity index (χ3n) is 3.03. The molecule has 0 amide bonds. The summed E-state index contributed by atoms with van der Waals surface area (Å²) in [6.45, 7) is 0.616. The van der Waals surface area contributed by atoms with E-state index in [1.54, 1.807) is 12.1 Å². The minimum absolute atomic E-state index is 0.244. The molecule has 0 aliphatic heterocycles. The van der Waals surface area contributed by atoms with Gasteiger partial charge in [0, 0.05) is 11.3 Å². The van der Waals surface area contributed by atoms with Gasteiger partial charge in [0.05, 0.1) is 6.54 Å². The minimum atomic E-state index is -0.244. The summed E-state index contributed by atoms with van der Waals surface area (Å²) < 4.78 is 18.6. The molecule has 20 heavy (non-hydrogen) atoms. The molecule has 0 saturated heterocycles. The van der Waals surface area contributed by atoms with Gasteiger partial charge >= 0.3 is 0 Å². The SMILES string of the molecule is Fc1ccc(-c2ccc(CNc3ccccc3)o2)cc1. The topological polar surface area (TPSA) is 25.2 Å². The predicted octanol–water partition coefficient (Wildman–Crippen LogP) is 4.70. The molecule has 0 aliphatic carbocycles. The van der Waals surface area contributed by atoms with E-state index in [1.165, 1.54) is 12.1 Å². The molecular weight excluding hydrogens is 253 g/mol. The van der Waals surface area contributed by atoms with Crippen LogP contribution in [0.1, 0.15) is 5.76 Å². The van der Waals surface area contributed by atoms with E-state index in [0.29, 0.717) is 6.54 Å². The highest BCUT2D eigenvalue weighted by molar-refractivity contribution is 5.57. The van der Waals surface area contributed by atoms with Crippen molar-refractivity contribution in [1.29, 1.82) is 0 Å². The lowest BCUT2D eigenvalue weighted by Gasteiger charge is -2.03. The van der Waals surface area contributed by atoms with Crippen LogP contribution in [0.2, 0.25) is 0 Å². The molecule has 1 aromatic heterocycles. The smallest absolute Gasteiger partial charge is 0.134 e. The molecule has 100 valence electrons. The highest BCUT2D eigenvalue weighted by Crippen LogP contribution is 2.22. The van der Waals surface area contributed by atoms with Gasteiger partial charge in [-0.05, 0) is 48.5 Å². The van der Waals surface area contributed by atoms with E-state index < -0.39 is 0 Å². The molecule has 0 radical (unpaired) electrons. The Hall–Kier alpha value is -2.55. The summed E-state index contributed by atoms with van der Waals surface area (Å²) in [6, 6.07) is 20.1. The summed E-state index contributed by atoms with van der Waals surface area (Å²) in [5.41, 5.74) is 1.92. The Labute approximate surface area is 116 Å². The lowest BCUT2D eigenvalue weighted by molar-refractivity contribution is 0.531. The quantitative estimate of drug-likeness (QED) is 0.741. The van der Waals surface area contributed by atoms with Gasteiger partial charge in [0.25, 0.3) is 0 Å². The Balaban J connectivity index is 1.69. The van der Waals surface area contributed by atoms with Crippen molar-refractivity contribution in [3.8, 4) is 11.3 Å². The van der Waals surface area contributed by atoms with Gasteiger partial charge in [-0.25, -0.2) is 4.39 Å². The van der Waals surface area contributed by atoms with E-state index >= 15 is 0 Å². The first-order valence-corrected chi connectivity index (χ1v) is 6.45. The van der Waals surface area contributed by atoms with Crippen molar-refractivity contribution < 1.29 is 8.81 Å². The molecule has 2 nitrogen and oxygen atoms in total. The fourth-order valence-corrected chi connectivity index (χ4v) is 1.99. The molecule has 2 aromatic carbocycles. The fourth-order valence-electron chi connectivity index (χ4n) is 1.99. The van der Waals surface area contributed by atoms with Gasteiger partial charge in [-0.3, -0.25) is 0 Å². The van der Waals surface area contributed by atoms with Crippen LogP contribution in [-0.4, -0.2) is 0 Å². The van der Waals surface area contributed by atoms with Crippen molar-refractivity contribution in [2.24, 2.45) is 0 Å². The highest BCUT2D eigenvalue weighted by Gasteiger charge is 2.04. The van der Waals surface area contributed by atoms with Crippen molar-refractivity contribution in [3.63, 3.8) is 0 Å². The van der Waals surface area contributed by atoms with Crippen LogP contribution in [0.4, 0.5) is 10.1 Å².